The van der Waals surface area contributed by atoms with E-state index >= 15 is 0 Å². The SMILES string of the molecule is Cc1ccc(OCCNC(=O)C[NH+](C)CC(=O)Nc2cccc(F)c2)c(C)c1. The summed E-state index contributed by atoms with van der Waals surface area (Å²) in [6, 6.07) is 11.6. The number of amides is 2. The van der Waals surface area contributed by atoms with Crippen molar-refractivity contribution in [2.75, 3.05) is 38.6 Å². The van der Waals surface area contributed by atoms with E-state index in [-0.39, 0.29) is 24.9 Å². The van der Waals surface area contributed by atoms with Crippen molar-refractivity contribution in [3.8, 4) is 5.75 Å². The summed E-state index contributed by atoms with van der Waals surface area (Å²) in [4.78, 5) is 24.7. The Balaban J connectivity index is 1.65. The van der Waals surface area contributed by atoms with Crippen molar-refractivity contribution in [1.82, 2.24) is 5.32 Å². The summed E-state index contributed by atoms with van der Waals surface area (Å²) in [5, 5.41) is 5.39. The number of hydrogen-bond acceptors (Lipinski definition) is 3. The molecule has 0 heterocycles. The second-order valence-corrected chi connectivity index (χ2v) is 6.84. The van der Waals surface area contributed by atoms with Crippen LogP contribution in [0, 0.1) is 19.7 Å². The van der Waals surface area contributed by atoms with Gasteiger partial charge < -0.3 is 20.3 Å². The van der Waals surface area contributed by atoms with Crippen molar-refractivity contribution in [2.24, 2.45) is 0 Å². The highest BCUT2D eigenvalue weighted by atomic mass is 19.1. The van der Waals surface area contributed by atoms with Gasteiger partial charge in [0.2, 0.25) is 0 Å². The normalized spacial score (nSPS) is 11.6. The quantitative estimate of drug-likeness (QED) is 0.563. The second kappa shape index (κ2) is 10.4. The first-order valence-corrected chi connectivity index (χ1v) is 9.17. The molecule has 0 spiro atoms. The van der Waals surface area contributed by atoms with Crippen LogP contribution in [0.4, 0.5) is 10.1 Å². The number of benzene rings is 2. The van der Waals surface area contributed by atoms with Crippen LogP contribution in [0.1, 0.15) is 11.1 Å². The fourth-order valence-corrected chi connectivity index (χ4v) is 2.76. The summed E-state index contributed by atoms with van der Waals surface area (Å²) >= 11 is 0. The Morgan fingerprint density at radius 1 is 1.07 bits per heavy atom. The number of nitrogens with one attached hydrogen (secondary N) is 3. The van der Waals surface area contributed by atoms with Gasteiger partial charge in [-0.05, 0) is 43.7 Å². The van der Waals surface area contributed by atoms with Crippen LogP contribution in [0.3, 0.4) is 0 Å². The summed E-state index contributed by atoms with van der Waals surface area (Å²) in [6.45, 7) is 5.01. The zero-order chi connectivity index (χ0) is 20.5. The zero-order valence-corrected chi connectivity index (χ0v) is 16.5. The third kappa shape index (κ3) is 7.36. The monoisotopic (exact) mass is 388 g/mol. The summed E-state index contributed by atoms with van der Waals surface area (Å²) in [6.07, 6.45) is 0. The van der Waals surface area contributed by atoms with Gasteiger partial charge in [-0.3, -0.25) is 9.59 Å². The molecule has 150 valence electrons. The third-order valence-corrected chi connectivity index (χ3v) is 4.05. The molecule has 6 nitrogen and oxygen atoms in total. The number of likely N-dealkylation sites (N-methyl/N-ethyl adjacent to an activating group) is 1. The molecule has 2 rings (SSSR count). The van der Waals surface area contributed by atoms with E-state index in [4.69, 9.17) is 4.74 Å². The molecule has 0 aliphatic heterocycles. The molecule has 3 N–H and O–H groups in total. The Morgan fingerprint density at radius 3 is 2.54 bits per heavy atom. The minimum Gasteiger partial charge on any atom is -0.491 e. The van der Waals surface area contributed by atoms with Gasteiger partial charge in [0, 0.05) is 5.69 Å². The van der Waals surface area contributed by atoms with Gasteiger partial charge in [0.1, 0.15) is 18.2 Å². The summed E-state index contributed by atoms with van der Waals surface area (Å²) in [5.41, 5.74) is 2.62. The molecule has 0 fully saturated rings. The van der Waals surface area contributed by atoms with Gasteiger partial charge in [0.25, 0.3) is 11.8 Å². The van der Waals surface area contributed by atoms with E-state index in [1.54, 1.807) is 13.1 Å². The molecule has 1 unspecified atom stereocenters. The molecule has 2 aromatic carbocycles. The van der Waals surface area contributed by atoms with Gasteiger partial charge in [0.05, 0.1) is 13.6 Å². The topological polar surface area (TPSA) is 71.9 Å². The number of quaternary nitrogens is 1. The molecule has 2 amide bonds. The molecule has 0 aliphatic carbocycles. The molecule has 0 aliphatic rings. The van der Waals surface area contributed by atoms with Crippen LogP contribution in [-0.4, -0.2) is 45.1 Å². The average molecular weight is 388 g/mol. The van der Waals surface area contributed by atoms with Gasteiger partial charge in [-0.25, -0.2) is 4.39 Å². The van der Waals surface area contributed by atoms with Crippen LogP contribution in [0.2, 0.25) is 0 Å². The number of hydrogen-bond donors (Lipinski definition) is 3. The number of halogens is 1. The molecule has 0 saturated heterocycles. The average Bonchev–Trinajstić information content (AvgIpc) is 2.59. The van der Waals surface area contributed by atoms with Gasteiger partial charge in [-0.15, -0.1) is 0 Å². The Labute approximate surface area is 164 Å². The van der Waals surface area contributed by atoms with Crippen molar-refractivity contribution in [1.29, 1.82) is 0 Å². The highest BCUT2D eigenvalue weighted by molar-refractivity contribution is 5.91. The third-order valence-electron chi connectivity index (χ3n) is 4.05. The molecule has 7 heteroatoms. The lowest BCUT2D eigenvalue weighted by atomic mass is 10.1. The number of carbonyl (C=O) groups is 2. The van der Waals surface area contributed by atoms with Crippen molar-refractivity contribution in [3.05, 3.63) is 59.4 Å². The molecule has 0 aromatic heterocycles. The Hall–Kier alpha value is -2.93. The maximum absolute atomic E-state index is 13.1. The maximum Gasteiger partial charge on any atom is 0.279 e. The van der Waals surface area contributed by atoms with Gasteiger partial charge in [-0.1, -0.05) is 23.8 Å². The van der Waals surface area contributed by atoms with E-state index in [9.17, 15) is 14.0 Å². The smallest absolute Gasteiger partial charge is 0.279 e. The lowest BCUT2D eigenvalue weighted by molar-refractivity contribution is -0.862. The number of carbonyl (C=O) groups excluding carboxylic acids is 2. The maximum atomic E-state index is 13.1. The molecule has 0 radical (unpaired) electrons. The largest absolute Gasteiger partial charge is 0.491 e. The predicted octanol–water partition coefficient (Wildman–Crippen LogP) is 1.09. The minimum atomic E-state index is -0.416. The van der Waals surface area contributed by atoms with Crippen molar-refractivity contribution >= 4 is 17.5 Å². The van der Waals surface area contributed by atoms with Crippen LogP contribution >= 0.6 is 0 Å². The van der Waals surface area contributed by atoms with Crippen molar-refractivity contribution < 1.29 is 23.6 Å². The molecule has 1 atom stereocenters. The first-order valence-electron chi connectivity index (χ1n) is 9.17. The zero-order valence-electron chi connectivity index (χ0n) is 16.5. The van der Waals surface area contributed by atoms with Gasteiger partial charge in [0.15, 0.2) is 13.1 Å². The van der Waals surface area contributed by atoms with E-state index in [2.05, 4.69) is 10.6 Å². The lowest BCUT2D eigenvalue weighted by Crippen LogP contribution is -3.11. The van der Waals surface area contributed by atoms with Crippen LogP contribution in [-0.2, 0) is 9.59 Å². The summed E-state index contributed by atoms with van der Waals surface area (Å²) in [5.74, 6) is -0.0631. The van der Waals surface area contributed by atoms with E-state index in [0.29, 0.717) is 18.8 Å². The van der Waals surface area contributed by atoms with Gasteiger partial charge in [-0.2, -0.15) is 0 Å². The fourth-order valence-electron chi connectivity index (χ4n) is 2.76. The van der Waals surface area contributed by atoms with Crippen LogP contribution in [0.25, 0.3) is 0 Å². The Morgan fingerprint density at radius 2 is 1.82 bits per heavy atom. The van der Waals surface area contributed by atoms with E-state index in [1.165, 1.54) is 23.8 Å². The predicted molar refractivity (Wildman–Crippen MR) is 106 cm³/mol. The highest BCUT2D eigenvalue weighted by Gasteiger charge is 2.14. The van der Waals surface area contributed by atoms with Crippen LogP contribution < -0.4 is 20.3 Å². The molecular formula is C21H27FN3O3+. The fraction of sp³-hybridized carbons (Fsp3) is 0.333. The summed E-state index contributed by atoms with van der Waals surface area (Å²) in [7, 11) is 1.75. The molecule has 0 bridgehead atoms. The standard InChI is InChI=1S/C21H26FN3O3/c1-15-7-8-19(16(2)11-15)28-10-9-23-20(26)13-25(3)14-21(27)24-18-6-4-5-17(22)12-18/h4-8,11-12H,9-10,13-14H2,1-3H3,(H,23,26)(H,24,27)/p+1. The van der Waals surface area contributed by atoms with Crippen molar-refractivity contribution in [3.63, 3.8) is 0 Å². The second-order valence-electron chi connectivity index (χ2n) is 6.84. The number of anilines is 1. The first kappa shape index (κ1) is 21.4. The van der Waals surface area contributed by atoms with Crippen molar-refractivity contribution in [2.45, 2.75) is 13.8 Å². The Kier molecular flexibility index (Phi) is 7.95. The molecule has 0 saturated carbocycles. The van der Waals surface area contributed by atoms with Crippen LogP contribution in [0.15, 0.2) is 42.5 Å². The number of aryl methyl sites for hydroxylation is 2. The molecular weight excluding hydrogens is 361 g/mol. The van der Waals surface area contributed by atoms with E-state index in [0.717, 1.165) is 16.2 Å². The molecule has 2 aromatic rings. The van der Waals surface area contributed by atoms with Crippen LogP contribution in [0.5, 0.6) is 5.75 Å². The van der Waals surface area contributed by atoms with E-state index in [1.807, 2.05) is 32.0 Å². The first-order chi connectivity index (χ1) is 13.3. The number of rotatable bonds is 9. The minimum absolute atomic E-state index is 0.100. The highest BCUT2D eigenvalue weighted by Crippen LogP contribution is 2.18. The van der Waals surface area contributed by atoms with E-state index < -0.39 is 5.82 Å². The van der Waals surface area contributed by atoms with Gasteiger partial charge >= 0.3 is 0 Å². The summed E-state index contributed by atoms with van der Waals surface area (Å²) < 4.78 is 18.8. The Bertz CT molecular complexity index is 826. The lowest BCUT2D eigenvalue weighted by Gasteiger charge is -2.14. The number of ether oxygens (including phenoxy) is 1. The molecule has 28 heavy (non-hydrogen) atoms.